The number of aryl methyl sites for hydroxylation is 1. The van der Waals surface area contributed by atoms with Crippen molar-refractivity contribution in [3.63, 3.8) is 0 Å². The van der Waals surface area contributed by atoms with Crippen molar-refractivity contribution in [1.29, 1.82) is 0 Å². The Morgan fingerprint density at radius 1 is 1.19 bits per heavy atom. The van der Waals surface area contributed by atoms with Crippen LogP contribution in [-0.2, 0) is 26.1 Å². The minimum atomic E-state index is -1.26. The average Bonchev–Trinajstić information content (AvgIpc) is 3.09. The molecule has 0 bridgehead atoms. The lowest BCUT2D eigenvalue weighted by Gasteiger charge is -2.10. The van der Waals surface area contributed by atoms with Gasteiger partial charge in [0, 0.05) is 33.5 Å². The summed E-state index contributed by atoms with van der Waals surface area (Å²) in [6.45, 7) is 3.87. The molecule has 32 heavy (non-hydrogen) atoms. The Morgan fingerprint density at radius 3 is 2.06 bits per heavy atom. The van der Waals surface area contributed by atoms with Crippen LogP contribution in [0.2, 0.25) is 0 Å². The molecule has 0 aliphatic carbocycles. The summed E-state index contributed by atoms with van der Waals surface area (Å²) < 4.78 is 11.0. The number of alkyl halides is 4. The molecule has 0 fully saturated rings. The van der Waals surface area contributed by atoms with Gasteiger partial charge in [0.15, 0.2) is 9.67 Å². The maximum Gasteiger partial charge on any atom is 0.343 e. The lowest BCUT2D eigenvalue weighted by Crippen LogP contribution is -2.22. The van der Waals surface area contributed by atoms with Crippen molar-refractivity contribution in [1.82, 2.24) is 20.1 Å². The minimum Gasteiger partial charge on any atom is -0.462 e. The Bertz CT molecular complexity index is 754. The summed E-state index contributed by atoms with van der Waals surface area (Å²) in [6, 6.07) is 0. The number of hydrogen-bond acceptors (Lipinski definition) is 9. The summed E-state index contributed by atoms with van der Waals surface area (Å²) in [5, 5.41) is 3.97. The van der Waals surface area contributed by atoms with Crippen molar-refractivity contribution in [3.8, 4) is 0 Å². The maximum atomic E-state index is 11.4. The van der Waals surface area contributed by atoms with E-state index in [1.54, 1.807) is 46.9 Å². The highest BCUT2D eigenvalue weighted by Crippen LogP contribution is 2.26. The lowest BCUT2D eigenvalue weighted by molar-refractivity contribution is -0.140. The number of nitrogens with zero attached hydrogens (tertiary/aromatic N) is 3. The zero-order chi connectivity index (χ0) is 25.4. The maximum absolute atomic E-state index is 11.4. The van der Waals surface area contributed by atoms with E-state index in [4.69, 9.17) is 55.9 Å². The van der Waals surface area contributed by atoms with Gasteiger partial charge in [-0.3, -0.25) is 20.7 Å². The summed E-state index contributed by atoms with van der Waals surface area (Å²) in [5.74, 6) is 2.76. The van der Waals surface area contributed by atoms with E-state index >= 15 is 0 Å². The van der Waals surface area contributed by atoms with E-state index in [0.29, 0.717) is 17.9 Å². The van der Waals surface area contributed by atoms with E-state index in [1.807, 2.05) is 0 Å². The molecule has 0 atom stereocenters. The van der Waals surface area contributed by atoms with Crippen molar-refractivity contribution in [2.45, 2.75) is 23.5 Å². The van der Waals surface area contributed by atoms with Gasteiger partial charge in [-0.05, 0) is 20.9 Å². The van der Waals surface area contributed by atoms with Gasteiger partial charge in [-0.25, -0.2) is 9.59 Å². The predicted molar refractivity (Wildman–Crippen MR) is 126 cm³/mol. The Kier molecular flexibility index (Phi) is 18.3. The fraction of sp³-hybridized carbons (Fsp3) is 0.556. The zero-order valence-corrected chi connectivity index (χ0v) is 21.7. The number of carbonyl (C=O) groups excluding carboxylic acids is 3. The van der Waals surface area contributed by atoms with E-state index in [-0.39, 0.29) is 12.2 Å². The van der Waals surface area contributed by atoms with Gasteiger partial charge in [-0.1, -0.05) is 46.4 Å². The van der Waals surface area contributed by atoms with E-state index in [2.05, 4.69) is 16.4 Å². The van der Waals surface area contributed by atoms with Gasteiger partial charge in [0.2, 0.25) is 5.78 Å². The first kappa shape index (κ1) is 32.6. The number of aromatic nitrogens is 2. The molecular weight excluding hydrogens is 508 g/mol. The second-order valence-corrected chi connectivity index (χ2v) is 8.00. The number of nitrogens with two attached hydrogens (primary N) is 1. The number of carbonyl (C=O) groups is 3. The molecular formula is C18H29Cl4N5O5. The number of nitrogens with one attached hydrogen (secondary N) is 1. The molecule has 184 valence electrons. The van der Waals surface area contributed by atoms with Crippen LogP contribution in [0, 0.1) is 0 Å². The van der Waals surface area contributed by atoms with E-state index in [1.165, 1.54) is 17.1 Å². The topological polar surface area (TPSA) is 129 Å². The first-order valence-corrected chi connectivity index (χ1v) is 10.9. The minimum absolute atomic E-state index is 0.156. The normalized spacial score (nSPS) is 10.6. The lowest BCUT2D eigenvalue weighted by atomic mass is 10.2. The van der Waals surface area contributed by atoms with E-state index < -0.39 is 27.4 Å². The molecule has 1 heterocycles. The second-order valence-electron chi connectivity index (χ2n) is 5.80. The van der Waals surface area contributed by atoms with E-state index in [9.17, 15) is 14.4 Å². The number of rotatable bonds is 8. The monoisotopic (exact) mass is 535 g/mol. The number of ketones is 1. The third kappa shape index (κ3) is 13.1. The van der Waals surface area contributed by atoms with Crippen LogP contribution in [0.25, 0.3) is 0 Å². The molecule has 1 aromatic heterocycles. The van der Waals surface area contributed by atoms with Crippen molar-refractivity contribution in [2.24, 2.45) is 12.9 Å². The van der Waals surface area contributed by atoms with Crippen LogP contribution < -0.4 is 11.3 Å². The molecule has 0 aliphatic heterocycles. The Balaban J connectivity index is 0. The Morgan fingerprint density at radius 2 is 1.69 bits per heavy atom. The molecule has 3 N–H and O–H groups in total. The highest BCUT2D eigenvalue weighted by Gasteiger charge is 2.25. The number of halogens is 4. The summed E-state index contributed by atoms with van der Waals surface area (Å²) in [5.41, 5.74) is 2.73. The molecule has 0 unspecified atom stereocenters. The molecule has 0 saturated heterocycles. The smallest absolute Gasteiger partial charge is 0.343 e. The predicted octanol–water partition coefficient (Wildman–Crippen LogP) is 2.52. The zero-order valence-electron chi connectivity index (χ0n) is 18.7. The molecule has 0 amide bonds. The number of esters is 2. The average molecular weight is 537 g/mol. The summed E-state index contributed by atoms with van der Waals surface area (Å²) in [6.07, 6.45) is 2.86. The second kappa shape index (κ2) is 17.9. The Hall–Kier alpha value is -1.56. The van der Waals surface area contributed by atoms with Gasteiger partial charge in [-0.2, -0.15) is 5.10 Å². The number of ether oxygens (including phenoxy) is 2. The first-order valence-electron chi connectivity index (χ1n) is 9.11. The van der Waals surface area contributed by atoms with Crippen LogP contribution in [0.5, 0.6) is 0 Å². The molecule has 1 aromatic rings. The number of Topliss-reactive ketones (excluding diaryl/α,β-unsaturated/α-hetero) is 1. The molecule has 14 heteroatoms. The molecule has 0 radical (unpaired) electrons. The molecule has 0 spiro atoms. The van der Waals surface area contributed by atoms with Gasteiger partial charge >= 0.3 is 11.9 Å². The molecule has 10 nitrogen and oxygen atoms in total. The van der Waals surface area contributed by atoms with Gasteiger partial charge < -0.3 is 14.4 Å². The third-order valence-electron chi connectivity index (χ3n) is 2.91. The highest BCUT2D eigenvalue weighted by atomic mass is 35.5. The Labute approximate surface area is 207 Å². The van der Waals surface area contributed by atoms with Crippen molar-refractivity contribution in [2.75, 3.05) is 34.4 Å². The SMILES string of the molecule is CCOC(=O)/C(=C\N(C)C)C(=O)C(Cl)Cl.CCOC(=O)c1cn(C)nc1C(Cl)Cl.CNN. The fourth-order valence-corrected chi connectivity index (χ4v) is 2.39. The van der Waals surface area contributed by atoms with Crippen molar-refractivity contribution < 1.29 is 23.9 Å². The standard InChI is InChI=1S/C9H13Cl2NO3.C8H10Cl2N2O2.CH6N2/c1-4-15-9(14)6(5-12(2)3)7(13)8(10)11;1-3-14-8(13)5-4-12(2)11-6(5)7(9)10;1-3-2/h5,8H,4H2,1-3H3;4,7H,3H2,1-2H3;3H,2H2,1H3/b6-5-;;. The first-order chi connectivity index (χ1) is 14.9. The van der Waals surface area contributed by atoms with Crippen LogP contribution >= 0.6 is 46.4 Å². The van der Waals surface area contributed by atoms with Gasteiger partial charge in [0.1, 0.15) is 16.8 Å². The van der Waals surface area contributed by atoms with E-state index in [0.717, 1.165) is 0 Å². The van der Waals surface area contributed by atoms with Gasteiger partial charge in [-0.15, -0.1) is 0 Å². The van der Waals surface area contributed by atoms with Crippen LogP contribution in [0.4, 0.5) is 0 Å². The van der Waals surface area contributed by atoms with Gasteiger partial charge in [0.05, 0.1) is 13.2 Å². The highest BCUT2D eigenvalue weighted by molar-refractivity contribution is 6.56. The fourth-order valence-electron chi connectivity index (χ4n) is 1.83. The van der Waals surface area contributed by atoms with Crippen LogP contribution in [0.15, 0.2) is 18.0 Å². The van der Waals surface area contributed by atoms with Crippen LogP contribution in [-0.4, -0.2) is 71.6 Å². The summed E-state index contributed by atoms with van der Waals surface area (Å²) in [4.78, 5) is 33.7. The van der Waals surface area contributed by atoms with Crippen molar-refractivity contribution in [3.05, 3.63) is 29.2 Å². The molecule has 0 aliphatic rings. The van der Waals surface area contributed by atoms with Crippen molar-refractivity contribution >= 4 is 64.1 Å². The largest absolute Gasteiger partial charge is 0.462 e. The molecule has 1 rings (SSSR count). The molecule has 0 aromatic carbocycles. The summed E-state index contributed by atoms with van der Waals surface area (Å²) in [7, 11) is 6.68. The number of hydrazine groups is 1. The van der Waals surface area contributed by atoms with Crippen LogP contribution in [0.1, 0.15) is 34.7 Å². The molecule has 0 saturated carbocycles. The van der Waals surface area contributed by atoms with Gasteiger partial charge in [0.25, 0.3) is 0 Å². The quantitative estimate of drug-likeness (QED) is 0.0978. The third-order valence-corrected chi connectivity index (χ3v) is 3.72. The van der Waals surface area contributed by atoms with Crippen LogP contribution in [0.3, 0.4) is 0 Å². The number of hydrogen-bond donors (Lipinski definition) is 2. The summed E-state index contributed by atoms with van der Waals surface area (Å²) >= 11 is 22.1.